The van der Waals surface area contributed by atoms with Gasteiger partial charge >= 0.3 is 6.09 Å². The SMILES string of the molecule is CC(C)=C[C@H]1CC(=O)N(C(=O)OCc2ccccc2)C1. The van der Waals surface area contributed by atoms with Crippen molar-refractivity contribution in [2.75, 3.05) is 6.54 Å². The number of hydrogen-bond donors (Lipinski definition) is 0. The fourth-order valence-corrected chi connectivity index (χ4v) is 2.29. The van der Waals surface area contributed by atoms with Crippen LogP contribution in [0.15, 0.2) is 42.0 Å². The molecule has 1 fully saturated rings. The highest BCUT2D eigenvalue weighted by Gasteiger charge is 2.33. The van der Waals surface area contributed by atoms with Crippen LogP contribution in [0.1, 0.15) is 25.8 Å². The third-order valence-corrected chi connectivity index (χ3v) is 3.15. The van der Waals surface area contributed by atoms with Gasteiger partial charge in [-0.15, -0.1) is 0 Å². The second kappa shape index (κ2) is 6.37. The highest BCUT2D eigenvalue weighted by atomic mass is 16.6. The van der Waals surface area contributed by atoms with Gasteiger partial charge in [0, 0.05) is 18.9 Å². The van der Waals surface area contributed by atoms with Gasteiger partial charge in [-0.05, 0) is 19.4 Å². The van der Waals surface area contributed by atoms with E-state index in [1.807, 2.05) is 50.3 Å². The molecule has 1 aromatic carbocycles. The van der Waals surface area contributed by atoms with Gasteiger partial charge < -0.3 is 4.74 Å². The molecule has 0 spiro atoms. The van der Waals surface area contributed by atoms with E-state index in [-0.39, 0.29) is 18.4 Å². The Morgan fingerprint density at radius 1 is 1.35 bits per heavy atom. The molecule has 0 bridgehead atoms. The first-order chi connectivity index (χ1) is 9.56. The highest BCUT2D eigenvalue weighted by Crippen LogP contribution is 2.21. The number of imide groups is 1. The Morgan fingerprint density at radius 3 is 2.70 bits per heavy atom. The third kappa shape index (κ3) is 3.70. The van der Waals surface area contributed by atoms with Gasteiger partial charge in [-0.2, -0.15) is 0 Å². The Morgan fingerprint density at radius 2 is 2.05 bits per heavy atom. The summed E-state index contributed by atoms with van der Waals surface area (Å²) in [5.74, 6) is -0.0534. The summed E-state index contributed by atoms with van der Waals surface area (Å²) in [6.45, 7) is 4.58. The summed E-state index contributed by atoms with van der Waals surface area (Å²) in [5.41, 5.74) is 2.07. The summed E-state index contributed by atoms with van der Waals surface area (Å²) in [5, 5.41) is 0. The first-order valence-electron chi connectivity index (χ1n) is 6.72. The number of allylic oxidation sites excluding steroid dienone is 1. The van der Waals surface area contributed by atoms with Gasteiger partial charge in [0.2, 0.25) is 5.91 Å². The van der Waals surface area contributed by atoms with Gasteiger partial charge in [-0.25, -0.2) is 9.69 Å². The van der Waals surface area contributed by atoms with E-state index in [0.717, 1.165) is 11.1 Å². The fourth-order valence-electron chi connectivity index (χ4n) is 2.29. The van der Waals surface area contributed by atoms with Crippen molar-refractivity contribution in [1.29, 1.82) is 0 Å². The van der Waals surface area contributed by atoms with Crippen LogP contribution in [0.25, 0.3) is 0 Å². The average molecular weight is 273 g/mol. The number of hydrogen-bond acceptors (Lipinski definition) is 3. The number of carbonyl (C=O) groups excluding carboxylic acids is 2. The maximum atomic E-state index is 11.9. The van der Waals surface area contributed by atoms with E-state index in [0.29, 0.717) is 13.0 Å². The van der Waals surface area contributed by atoms with Crippen molar-refractivity contribution in [2.24, 2.45) is 5.92 Å². The zero-order chi connectivity index (χ0) is 14.5. The second-order valence-corrected chi connectivity index (χ2v) is 5.25. The molecule has 1 atom stereocenters. The maximum Gasteiger partial charge on any atom is 0.416 e. The predicted octanol–water partition coefficient (Wildman–Crippen LogP) is 3.14. The summed E-state index contributed by atoms with van der Waals surface area (Å²) in [4.78, 5) is 24.9. The number of carbonyl (C=O) groups is 2. The van der Waals surface area contributed by atoms with Crippen molar-refractivity contribution in [3.05, 3.63) is 47.5 Å². The first-order valence-corrected chi connectivity index (χ1v) is 6.72. The number of likely N-dealkylation sites (tertiary alicyclic amines) is 1. The summed E-state index contributed by atoms with van der Waals surface area (Å²) in [6, 6.07) is 9.43. The smallest absolute Gasteiger partial charge is 0.416 e. The summed E-state index contributed by atoms with van der Waals surface area (Å²) >= 11 is 0. The van der Waals surface area contributed by atoms with E-state index in [4.69, 9.17) is 4.74 Å². The molecule has 1 heterocycles. The van der Waals surface area contributed by atoms with Crippen molar-refractivity contribution in [3.8, 4) is 0 Å². The summed E-state index contributed by atoms with van der Waals surface area (Å²) < 4.78 is 5.18. The first kappa shape index (κ1) is 14.3. The van der Waals surface area contributed by atoms with Gasteiger partial charge in [0.1, 0.15) is 6.61 Å². The minimum absolute atomic E-state index is 0.108. The normalized spacial score (nSPS) is 18.0. The maximum absolute atomic E-state index is 11.9. The van der Waals surface area contributed by atoms with Crippen molar-refractivity contribution in [1.82, 2.24) is 4.90 Å². The Hall–Kier alpha value is -2.10. The van der Waals surface area contributed by atoms with Crippen molar-refractivity contribution in [2.45, 2.75) is 26.9 Å². The van der Waals surface area contributed by atoms with Crippen LogP contribution in [0.4, 0.5) is 4.79 Å². The molecule has 0 saturated carbocycles. The lowest BCUT2D eigenvalue weighted by atomic mass is 10.1. The molecule has 106 valence electrons. The Bertz CT molecular complexity index is 518. The van der Waals surface area contributed by atoms with Crippen LogP contribution in [0.5, 0.6) is 0 Å². The highest BCUT2D eigenvalue weighted by molar-refractivity contribution is 5.93. The largest absolute Gasteiger partial charge is 0.444 e. The molecule has 2 amide bonds. The zero-order valence-corrected chi connectivity index (χ0v) is 11.8. The minimum atomic E-state index is -0.552. The predicted molar refractivity (Wildman–Crippen MR) is 75.9 cm³/mol. The van der Waals surface area contributed by atoms with Crippen LogP contribution in [-0.2, 0) is 16.1 Å². The van der Waals surface area contributed by atoms with Gasteiger partial charge in [0.25, 0.3) is 0 Å². The Balaban J connectivity index is 1.90. The zero-order valence-electron chi connectivity index (χ0n) is 11.8. The van der Waals surface area contributed by atoms with Crippen LogP contribution < -0.4 is 0 Å². The van der Waals surface area contributed by atoms with Gasteiger partial charge in [0.05, 0.1) is 0 Å². The molecule has 1 aliphatic rings. The minimum Gasteiger partial charge on any atom is -0.444 e. The lowest BCUT2D eigenvalue weighted by Crippen LogP contribution is -2.32. The quantitative estimate of drug-likeness (QED) is 0.795. The van der Waals surface area contributed by atoms with E-state index in [1.165, 1.54) is 4.90 Å². The molecule has 4 nitrogen and oxygen atoms in total. The van der Waals surface area contributed by atoms with E-state index in [2.05, 4.69) is 0 Å². The van der Waals surface area contributed by atoms with Crippen molar-refractivity contribution in [3.63, 3.8) is 0 Å². The fraction of sp³-hybridized carbons (Fsp3) is 0.375. The Labute approximate surface area is 119 Å². The molecule has 0 aliphatic carbocycles. The number of amides is 2. The molecule has 1 saturated heterocycles. The molecule has 2 rings (SSSR count). The summed E-state index contributed by atoms with van der Waals surface area (Å²) in [6.07, 6.45) is 1.86. The van der Waals surface area contributed by atoms with Crippen LogP contribution in [0.3, 0.4) is 0 Å². The van der Waals surface area contributed by atoms with Crippen LogP contribution in [0.2, 0.25) is 0 Å². The van der Waals surface area contributed by atoms with E-state index >= 15 is 0 Å². The van der Waals surface area contributed by atoms with Crippen LogP contribution >= 0.6 is 0 Å². The van der Waals surface area contributed by atoms with Crippen LogP contribution in [0, 0.1) is 5.92 Å². The average Bonchev–Trinajstić information content (AvgIpc) is 2.77. The lowest BCUT2D eigenvalue weighted by Gasteiger charge is -2.14. The van der Waals surface area contributed by atoms with Gasteiger partial charge in [-0.3, -0.25) is 4.79 Å². The van der Waals surface area contributed by atoms with Crippen molar-refractivity contribution < 1.29 is 14.3 Å². The molecule has 0 radical (unpaired) electrons. The molecule has 0 N–H and O–H groups in total. The molecule has 4 heteroatoms. The standard InChI is InChI=1S/C16H19NO3/c1-12(2)8-14-9-15(18)17(10-14)16(19)20-11-13-6-4-3-5-7-13/h3-8,14H,9-11H2,1-2H3/t14-/m0/s1. The third-order valence-electron chi connectivity index (χ3n) is 3.15. The van der Waals surface area contributed by atoms with Gasteiger partial charge in [0.15, 0.2) is 0 Å². The molecule has 20 heavy (non-hydrogen) atoms. The van der Waals surface area contributed by atoms with Gasteiger partial charge in [-0.1, -0.05) is 42.0 Å². The van der Waals surface area contributed by atoms with E-state index < -0.39 is 6.09 Å². The molecule has 1 aromatic rings. The van der Waals surface area contributed by atoms with E-state index in [1.54, 1.807) is 0 Å². The number of rotatable bonds is 3. The van der Waals surface area contributed by atoms with E-state index in [9.17, 15) is 9.59 Å². The van der Waals surface area contributed by atoms with Crippen LogP contribution in [-0.4, -0.2) is 23.4 Å². The lowest BCUT2D eigenvalue weighted by molar-refractivity contribution is -0.126. The molecule has 0 aromatic heterocycles. The number of nitrogens with zero attached hydrogens (tertiary/aromatic N) is 1. The second-order valence-electron chi connectivity index (χ2n) is 5.25. The number of benzene rings is 1. The molecule has 1 aliphatic heterocycles. The Kier molecular flexibility index (Phi) is 4.56. The molecular formula is C16H19NO3. The molecular weight excluding hydrogens is 254 g/mol. The summed E-state index contributed by atoms with van der Waals surface area (Å²) in [7, 11) is 0. The monoisotopic (exact) mass is 273 g/mol. The van der Waals surface area contributed by atoms with Crippen molar-refractivity contribution >= 4 is 12.0 Å². The topological polar surface area (TPSA) is 46.6 Å². The number of ether oxygens (including phenoxy) is 1. The molecule has 0 unspecified atom stereocenters.